The Kier molecular flexibility index (Phi) is 6.85. The Hall–Kier alpha value is -2.10. The molecule has 1 saturated carbocycles. The number of halogens is 3. The summed E-state index contributed by atoms with van der Waals surface area (Å²) in [4.78, 5) is 4.35. The first-order valence-electron chi connectivity index (χ1n) is 8.22. The van der Waals surface area contributed by atoms with Crippen molar-refractivity contribution in [1.29, 1.82) is 0 Å². The van der Waals surface area contributed by atoms with E-state index in [9.17, 15) is 8.78 Å². The van der Waals surface area contributed by atoms with E-state index in [4.69, 9.17) is 15.2 Å². The van der Waals surface area contributed by atoms with Crippen molar-refractivity contribution in [3.05, 3.63) is 53.6 Å². The van der Waals surface area contributed by atoms with Gasteiger partial charge < -0.3 is 20.5 Å². The molecule has 1 aliphatic carbocycles. The summed E-state index contributed by atoms with van der Waals surface area (Å²) < 4.78 is 37.7. The molecule has 2 aromatic carbocycles. The van der Waals surface area contributed by atoms with Crippen LogP contribution in [0, 0.1) is 11.6 Å². The van der Waals surface area contributed by atoms with Gasteiger partial charge in [-0.25, -0.2) is 8.78 Å². The summed E-state index contributed by atoms with van der Waals surface area (Å²) in [5, 5.41) is 2.98. The van der Waals surface area contributed by atoms with Crippen LogP contribution in [-0.4, -0.2) is 26.7 Å². The Labute approximate surface area is 174 Å². The maximum atomic E-state index is 14.1. The van der Waals surface area contributed by atoms with E-state index in [2.05, 4.69) is 10.3 Å². The topological polar surface area (TPSA) is 68.9 Å². The lowest BCUT2D eigenvalue weighted by molar-refractivity contribution is 0.405. The fourth-order valence-corrected chi connectivity index (χ4v) is 2.91. The molecule has 0 bridgehead atoms. The maximum Gasteiger partial charge on any atom is 0.193 e. The van der Waals surface area contributed by atoms with E-state index in [0.717, 1.165) is 18.9 Å². The number of nitrogens with zero attached hydrogens (tertiary/aromatic N) is 1. The van der Waals surface area contributed by atoms with Crippen LogP contribution in [0.2, 0.25) is 0 Å². The molecule has 146 valence electrons. The van der Waals surface area contributed by atoms with E-state index in [-0.39, 0.29) is 29.9 Å². The first-order valence-corrected chi connectivity index (χ1v) is 8.22. The number of benzene rings is 2. The smallest absolute Gasteiger partial charge is 0.193 e. The summed E-state index contributed by atoms with van der Waals surface area (Å²) in [6.45, 7) is 0.320. The van der Waals surface area contributed by atoms with Crippen molar-refractivity contribution in [3.63, 3.8) is 0 Å². The van der Waals surface area contributed by atoms with Crippen LogP contribution in [0.5, 0.6) is 11.5 Å². The summed E-state index contributed by atoms with van der Waals surface area (Å²) in [5.41, 5.74) is 6.67. The summed E-state index contributed by atoms with van der Waals surface area (Å²) >= 11 is 0. The van der Waals surface area contributed by atoms with Crippen molar-refractivity contribution in [2.45, 2.75) is 18.3 Å². The average molecular weight is 489 g/mol. The molecule has 3 rings (SSSR count). The molecule has 3 N–H and O–H groups in total. The van der Waals surface area contributed by atoms with Gasteiger partial charge in [0.1, 0.15) is 23.1 Å². The van der Waals surface area contributed by atoms with E-state index in [1.54, 1.807) is 32.4 Å². The Morgan fingerprint density at radius 1 is 1.15 bits per heavy atom. The third kappa shape index (κ3) is 4.79. The lowest BCUT2D eigenvalue weighted by atomic mass is 9.95. The highest BCUT2D eigenvalue weighted by Crippen LogP contribution is 2.49. The van der Waals surface area contributed by atoms with Crippen LogP contribution >= 0.6 is 24.0 Å². The van der Waals surface area contributed by atoms with Crippen LogP contribution in [0.25, 0.3) is 0 Å². The van der Waals surface area contributed by atoms with E-state index < -0.39 is 17.0 Å². The van der Waals surface area contributed by atoms with Crippen LogP contribution in [0.4, 0.5) is 14.5 Å². The number of hydrogen-bond acceptors (Lipinski definition) is 3. The van der Waals surface area contributed by atoms with Gasteiger partial charge in [-0.1, -0.05) is 6.07 Å². The Balaban J connectivity index is 0.00000261. The van der Waals surface area contributed by atoms with Crippen molar-refractivity contribution in [1.82, 2.24) is 0 Å². The van der Waals surface area contributed by atoms with Crippen molar-refractivity contribution < 1.29 is 18.3 Å². The van der Waals surface area contributed by atoms with Crippen LogP contribution in [-0.2, 0) is 5.41 Å². The van der Waals surface area contributed by atoms with Gasteiger partial charge in [-0.3, -0.25) is 4.99 Å². The number of hydrogen-bond donors (Lipinski definition) is 2. The maximum absolute atomic E-state index is 14.1. The second-order valence-corrected chi connectivity index (χ2v) is 6.30. The van der Waals surface area contributed by atoms with Gasteiger partial charge in [-0.05, 0) is 36.6 Å². The fraction of sp³-hybridized carbons (Fsp3) is 0.316. The number of anilines is 1. The molecule has 0 amide bonds. The number of nitrogens with one attached hydrogen (secondary N) is 1. The zero-order chi connectivity index (χ0) is 18.7. The van der Waals surface area contributed by atoms with Crippen molar-refractivity contribution >= 4 is 35.6 Å². The Morgan fingerprint density at radius 3 is 2.48 bits per heavy atom. The summed E-state index contributed by atoms with van der Waals surface area (Å²) in [6.07, 6.45) is 1.57. The molecule has 27 heavy (non-hydrogen) atoms. The number of nitrogens with two attached hydrogens (primary N) is 1. The molecule has 0 aromatic heterocycles. The van der Waals surface area contributed by atoms with Crippen molar-refractivity contribution in [3.8, 4) is 11.5 Å². The van der Waals surface area contributed by atoms with Crippen molar-refractivity contribution in [2.24, 2.45) is 10.7 Å². The Morgan fingerprint density at radius 2 is 1.89 bits per heavy atom. The summed E-state index contributed by atoms with van der Waals surface area (Å²) in [5.74, 6) is 0.295. The molecule has 8 heteroatoms. The molecule has 0 heterocycles. The van der Waals surface area contributed by atoms with Crippen LogP contribution in [0.1, 0.15) is 18.4 Å². The fourth-order valence-electron chi connectivity index (χ4n) is 2.91. The zero-order valence-corrected chi connectivity index (χ0v) is 17.4. The highest BCUT2D eigenvalue weighted by molar-refractivity contribution is 14.0. The predicted octanol–water partition coefficient (Wildman–Crippen LogP) is 4.06. The van der Waals surface area contributed by atoms with E-state index in [0.29, 0.717) is 29.3 Å². The number of rotatable bonds is 6. The van der Waals surface area contributed by atoms with Crippen LogP contribution in [0.3, 0.4) is 0 Å². The first-order chi connectivity index (χ1) is 12.5. The third-order valence-electron chi connectivity index (χ3n) is 4.58. The van der Waals surface area contributed by atoms with E-state index >= 15 is 0 Å². The molecular formula is C19H22F2IN3O2. The van der Waals surface area contributed by atoms with E-state index in [1.807, 2.05) is 0 Å². The number of methoxy groups -OCH3 is 2. The molecule has 0 radical (unpaired) electrons. The number of aliphatic imine (C=N–C) groups is 1. The van der Waals surface area contributed by atoms with Gasteiger partial charge in [0.2, 0.25) is 0 Å². The largest absolute Gasteiger partial charge is 0.497 e. The average Bonchev–Trinajstić information content (AvgIpc) is 3.40. The first kappa shape index (κ1) is 21.2. The minimum atomic E-state index is -0.586. The molecule has 0 unspecified atom stereocenters. The molecule has 0 aliphatic heterocycles. The molecule has 1 aliphatic rings. The second-order valence-electron chi connectivity index (χ2n) is 6.30. The molecule has 1 fully saturated rings. The summed E-state index contributed by atoms with van der Waals surface area (Å²) in [7, 11) is 3.12. The highest BCUT2D eigenvalue weighted by atomic mass is 127. The normalized spacial score (nSPS) is 14.9. The lowest BCUT2D eigenvalue weighted by Gasteiger charge is -2.16. The summed E-state index contributed by atoms with van der Waals surface area (Å²) in [6, 6.07) is 8.93. The molecule has 2 aromatic rings. The van der Waals surface area contributed by atoms with Gasteiger partial charge >= 0.3 is 0 Å². The SMILES string of the molecule is COc1ccc(OC)c(NC(N)=NCC2(c3ccc(F)cc3F)CC2)c1.I. The van der Waals surface area contributed by atoms with Crippen molar-refractivity contribution in [2.75, 3.05) is 26.1 Å². The van der Waals surface area contributed by atoms with Gasteiger partial charge in [0.25, 0.3) is 0 Å². The zero-order valence-electron chi connectivity index (χ0n) is 15.1. The Bertz CT molecular complexity index is 842. The third-order valence-corrected chi connectivity index (χ3v) is 4.58. The monoisotopic (exact) mass is 489 g/mol. The molecule has 5 nitrogen and oxygen atoms in total. The van der Waals surface area contributed by atoms with Gasteiger partial charge in [-0.2, -0.15) is 0 Å². The molecule has 0 saturated heterocycles. The van der Waals surface area contributed by atoms with Gasteiger partial charge in [0, 0.05) is 17.5 Å². The van der Waals surface area contributed by atoms with Crippen LogP contribution < -0.4 is 20.5 Å². The predicted molar refractivity (Wildman–Crippen MR) is 112 cm³/mol. The standard InChI is InChI=1S/C19H21F2N3O2.HI/c1-25-13-4-6-17(26-2)16(10-13)24-18(22)23-11-19(7-8-19)14-5-3-12(20)9-15(14)21;/h3-6,9-10H,7-8,11H2,1-2H3,(H3,22,23,24);1H. The lowest BCUT2D eigenvalue weighted by Crippen LogP contribution is -2.25. The highest BCUT2D eigenvalue weighted by Gasteiger charge is 2.46. The molecule has 0 atom stereocenters. The van der Waals surface area contributed by atoms with Gasteiger partial charge in [0.15, 0.2) is 5.96 Å². The second kappa shape index (κ2) is 8.73. The van der Waals surface area contributed by atoms with Gasteiger partial charge in [0.05, 0.1) is 26.5 Å². The quantitative estimate of drug-likeness (QED) is 0.365. The molecule has 0 spiro atoms. The minimum absolute atomic E-state index is 0. The number of guanidine groups is 1. The van der Waals surface area contributed by atoms with Gasteiger partial charge in [-0.15, -0.1) is 24.0 Å². The number of ether oxygens (including phenoxy) is 2. The minimum Gasteiger partial charge on any atom is -0.497 e. The van der Waals surface area contributed by atoms with Crippen LogP contribution in [0.15, 0.2) is 41.4 Å². The molecular weight excluding hydrogens is 467 g/mol. The van der Waals surface area contributed by atoms with E-state index in [1.165, 1.54) is 12.1 Å².